The molecular weight excluding hydrogens is 231 g/mol. The highest BCUT2D eigenvalue weighted by atomic mass is 19.4. The van der Waals surface area contributed by atoms with Crippen molar-refractivity contribution in [2.75, 3.05) is 0 Å². The molecule has 2 rings (SSSR count). The summed E-state index contributed by atoms with van der Waals surface area (Å²) in [5, 5.41) is 0. The van der Waals surface area contributed by atoms with Gasteiger partial charge in [0.05, 0.1) is 18.2 Å². The summed E-state index contributed by atoms with van der Waals surface area (Å²) in [6.07, 6.45) is -0.568. The molecule has 0 saturated heterocycles. The van der Waals surface area contributed by atoms with Gasteiger partial charge >= 0.3 is 6.18 Å². The Hall–Kier alpha value is -0.970. The molecule has 1 aromatic heterocycles. The molecule has 2 N–H and O–H groups in total. The van der Waals surface area contributed by atoms with E-state index < -0.39 is 24.1 Å². The Morgan fingerprint density at radius 3 is 2.59 bits per heavy atom. The molecule has 96 valence electrons. The fraction of sp³-hybridized carbons (Fsp3) is 0.667. The van der Waals surface area contributed by atoms with Gasteiger partial charge in [0, 0.05) is 0 Å². The van der Waals surface area contributed by atoms with E-state index in [0.717, 1.165) is 6.42 Å². The predicted molar refractivity (Wildman–Crippen MR) is 57.1 cm³/mol. The second kappa shape index (κ2) is 4.72. The van der Waals surface area contributed by atoms with E-state index in [1.165, 1.54) is 6.26 Å². The maximum Gasteiger partial charge on any atom is 0.392 e. The van der Waals surface area contributed by atoms with Gasteiger partial charge in [-0.25, -0.2) is 0 Å². The molecule has 0 amide bonds. The number of halogens is 3. The average molecular weight is 247 g/mol. The zero-order valence-electron chi connectivity index (χ0n) is 9.41. The third-order valence-corrected chi connectivity index (χ3v) is 3.57. The third-order valence-electron chi connectivity index (χ3n) is 3.57. The first-order chi connectivity index (χ1) is 8.00. The van der Waals surface area contributed by atoms with E-state index >= 15 is 0 Å². The van der Waals surface area contributed by atoms with Crippen LogP contribution in [0.25, 0.3) is 0 Å². The van der Waals surface area contributed by atoms with Crippen LogP contribution in [0.5, 0.6) is 0 Å². The molecule has 0 aromatic carbocycles. The molecule has 3 unspecified atom stereocenters. The van der Waals surface area contributed by atoms with Crippen LogP contribution in [0.3, 0.4) is 0 Å². The van der Waals surface area contributed by atoms with Gasteiger partial charge in [0.25, 0.3) is 0 Å². The van der Waals surface area contributed by atoms with E-state index in [0.29, 0.717) is 18.6 Å². The number of rotatable bonds is 2. The van der Waals surface area contributed by atoms with Gasteiger partial charge in [0.1, 0.15) is 5.76 Å². The first-order valence-electron chi connectivity index (χ1n) is 5.86. The summed E-state index contributed by atoms with van der Waals surface area (Å²) >= 11 is 0. The Labute approximate surface area is 98.0 Å². The number of nitrogens with two attached hydrogens (primary N) is 1. The van der Waals surface area contributed by atoms with Crippen LogP contribution < -0.4 is 5.73 Å². The Morgan fingerprint density at radius 2 is 2.00 bits per heavy atom. The lowest BCUT2D eigenvalue weighted by molar-refractivity contribution is -0.199. The van der Waals surface area contributed by atoms with Gasteiger partial charge in [0.2, 0.25) is 0 Å². The molecule has 0 spiro atoms. The third kappa shape index (κ3) is 2.65. The predicted octanol–water partition coefficient (Wildman–Crippen LogP) is 3.65. The van der Waals surface area contributed by atoms with Gasteiger partial charge in [-0.1, -0.05) is 12.8 Å². The minimum Gasteiger partial charge on any atom is -0.468 e. The van der Waals surface area contributed by atoms with Crippen molar-refractivity contribution in [3.05, 3.63) is 24.2 Å². The molecule has 2 nitrogen and oxygen atoms in total. The van der Waals surface area contributed by atoms with Gasteiger partial charge in [-0.15, -0.1) is 0 Å². The van der Waals surface area contributed by atoms with Crippen LogP contribution in [0.4, 0.5) is 13.2 Å². The van der Waals surface area contributed by atoms with E-state index in [1.807, 2.05) is 0 Å². The zero-order chi connectivity index (χ0) is 12.5. The molecule has 0 bridgehead atoms. The summed E-state index contributed by atoms with van der Waals surface area (Å²) < 4.78 is 43.8. The zero-order valence-corrected chi connectivity index (χ0v) is 9.41. The van der Waals surface area contributed by atoms with Crippen LogP contribution in [-0.4, -0.2) is 6.18 Å². The van der Waals surface area contributed by atoms with Gasteiger partial charge in [0.15, 0.2) is 0 Å². The number of alkyl halides is 3. The molecule has 0 radical (unpaired) electrons. The van der Waals surface area contributed by atoms with Gasteiger partial charge in [-0.3, -0.25) is 0 Å². The highest BCUT2D eigenvalue weighted by Crippen LogP contribution is 2.45. The van der Waals surface area contributed by atoms with E-state index in [4.69, 9.17) is 10.2 Å². The van der Waals surface area contributed by atoms with Crippen molar-refractivity contribution in [2.24, 2.45) is 17.6 Å². The minimum absolute atomic E-state index is 0.183. The first kappa shape index (κ1) is 12.5. The molecule has 1 heterocycles. The van der Waals surface area contributed by atoms with Crippen molar-refractivity contribution in [3.63, 3.8) is 0 Å². The monoisotopic (exact) mass is 247 g/mol. The van der Waals surface area contributed by atoms with Crippen molar-refractivity contribution in [2.45, 2.75) is 37.9 Å². The van der Waals surface area contributed by atoms with Crippen LogP contribution in [0.2, 0.25) is 0 Å². The normalized spacial score (nSPS) is 28.0. The minimum atomic E-state index is -4.16. The lowest BCUT2D eigenvalue weighted by Gasteiger charge is -2.35. The van der Waals surface area contributed by atoms with Crippen molar-refractivity contribution in [1.82, 2.24) is 0 Å². The summed E-state index contributed by atoms with van der Waals surface area (Å²) in [6.45, 7) is 0. The summed E-state index contributed by atoms with van der Waals surface area (Å²) in [6, 6.07) is 2.64. The van der Waals surface area contributed by atoms with Crippen molar-refractivity contribution < 1.29 is 17.6 Å². The van der Waals surface area contributed by atoms with Crippen LogP contribution >= 0.6 is 0 Å². The van der Waals surface area contributed by atoms with E-state index in [2.05, 4.69) is 0 Å². The van der Waals surface area contributed by atoms with Crippen molar-refractivity contribution in [3.8, 4) is 0 Å². The molecule has 3 atom stereocenters. The van der Waals surface area contributed by atoms with Gasteiger partial charge < -0.3 is 10.2 Å². The fourth-order valence-corrected chi connectivity index (χ4v) is 2.69. The molecular formula is C12H16F3NO. The molecule has 1 fully saturated rings. The largest absolute Gasteiger partial charge is 0.468 e. The Kier molecular flexibility index (Phi) is 3.47. The Bertz CT molecular complexity index is 347. The molecule has 0 aliphatic heterocycles. The summed E-state index contributed by atoms with van der Waals surface area (Å²) in [5.41, 5.74) is 5.91. The fourth-order valence-electron chi connectivity index (χ4n) is 2.69. The van der Waals surface area contributed by atoms with Crippen LogP contribution in [0.15, 0.2) is 22.8 Å². The first-order valence-corrected chi connectivity index (χ1v) is 5.86. The second-order valence-electron chi connectivity index (χ2n) is 4.64. The molecule has 5 heteroatoms. The number of hydrogen-bond donors (Lipinski definition) is 1. The molecule has 17 heavy (non-hydrogen) atoms. The van der Waals surface area contributed by atoms with Crippen LogP contribution in [0, 0.1) is 11.8 Å². The average Bonchev–Trinajstić information content (AvgIpc) is 2.80. The maximum atomic E-state index is 12.9. The lowest BCUT2D eigenvalue weighted by atomic mass is 9.74. The topological polar surface area (TPSA) is 39.2 Å². The number of furan rings is 1. The van der Waals surface area contributed by atoms with Gasteiger partial charge in [-0.2, -0.15) is 13.2 Å². The van der Waals surface area contributed by atoms with E-state index in [9.17, 15) is 13.2 Å². The van der Waals surface area contributed by atoms with E-state index in [-0.39, 0.29) is 6.42 Å². The van der Waals surface area contributed by atoms with Crippen molar-refractivity contribution >= 4 is 0 Å². The van der Waals surface area contributed by atoms with Crippen LogP contribution in [0.1, 0.15) is 37.5 Å². The van der Waals surface area contributed by atoms with E-state index in [1.54, 1.807) is 12.1 Å². The second-order valence-corrected chi connectivity index (χ2v) is 4.64. The molecule has 1 aliphatic carbocycles. The SMILES string of the molecule is NC(c1ccco1)C1CCCCC1C(F)(F)F. The maximum absolute atomic E-state index is 12.9. The molecule has 1 aliphatic rings. The van der Waals surface area contributed by atoms with Gasteiger partial charge in [-0.05, 0) is 30.9 Å². The molecule has 1 saturated carbocycles. The quantitative estimate of drug-likeness (QED) is 0.866. The van der Waals surface area contributed by atoms with Crippen molar-refractivity contribution in [1.29, 1.82) is 0 Å². The summed E-state index contributed by atoms with van der Waals surface area (Å²) in [4.78, 5) is 0. The Balaban J connectivity index is 2.16. The number of hydrogen-bond acceptors (Lipinski definition) is 2. The Morgan fingerprint density at radius 1 is 1.29 bits per heavy atom. The van der Waals surface area contributed by atoms with Crippen LogP contribution in [-0.2, 0) is 0 Å². The smallest absolute Gasteiger partial charge is 0.392 e. The summed E-state index contributed by atoms with van der Waals surface area (Å²) in [7, 11) is 0. The standard InChI is InChI=1S/C12H16F3NO/c13-12(14,15)9-5-2-1-4-8(9)11(16)10-6-3-7-17-10/h3,6-9,11H,1-2,4-5,16H2. The molecule has 1 aromatic rings. The highest BCUT2D eigenvalue weighted by Gasteiger charge is 2.47. The summed E-state index contributed by atoms with van der Waals surface area (Å²) in [5.74, 6) is -1.41. The lowest BCUT2D eigenvalue weighted by Crippen LogP contribution is -2.38. The highest BCUT2D eigenvalue weighted by molar-refractivity contribution is 5.06.